The highest BCUT2D eigenvalue weighted by Crippen LogP contribution is 2.25. The minimum Gasteiger partial charge on any atom is -0.337 e. The van der Waals surface area contributed by atoms with Gasteiger partial charge in [-0.3, -0.25) is 0 Å². The van der Waals surface area contributed by atoms with Crippen LogP contribution in [0.15, 0.2) is 41.8 Å². The average Bonchev–Trinajstić information content (AvgIpc) is 3.03. The Morgan fingerprint density at radius 3 is 2.65 bits per heavy atom. The van der Waals surface area contributed by atoms with Crippen molar-refractivity contribution in [2.24, 2.45) is 5.92 Å². The van der Waals surface area contributed by atoms with Gasteiger partial charge in [-0.25, -0.2) is 17.8 Å². The number of halogens is 1. The first-order valence-corrected chi connectivity index (χ1v) is 9.13. The molecule has 0 N–H and O–H groups in total. The van der Waals surface area contributed by atoms with E-state index in [-0.39, 0.29) is 10.7 Å². The van der Waals surface area contributed by atoms with Gasteiger partial charge in [-0.15, -0.1) is 0 Å². The summed E-state index contributed by atoms with van der Waals surface area (Å²) in [7, 11) is -3.54. The number of piperidine rings is 1. The molecule has 0 atom stereocenters. The fourth-order valence-electron chi connectivity index (χ4n) is 2.95. The van der Waals surface area contributed by atoms with E-state index in [1.807, 2.05) is 10.8 Å². The predicted octanol–water partition coefficient (Wildman–Crippen LogP) is 2.43. The molecule has 7 heteroatoms. The first-order valence-electron chi connectivity index (χ1n) is 7.69. The minimum atomic E-state index is -3.54. The number of hydrogen-bond acceptors (Lipinski definition) is 3. The highest BCUT2D eigenvalue weighted by molar-refractivity contribution is 7.89. The summed E-state index contributed by atoms with van der Waals surface area (Å²) in [5, 5.41) is 0. The Labute approximate surface area is 135 Å². The zero-order valence-electron chi connectivity index (χ0n) is 13.0. The van der Waals surface area contributed by atoms with Crippen molar-refractivity contribution in [2.75, 3.05) is 13.1 Å². The van der Waals surface area contributed by atoms with Crippen LogP contribution >= 0.6 is 0 Å². The number of aromatic nitrogens is 2. The molecular weight excluding hydrogens is 317 g/mol. The summed E-state index contributed by atoms with van der Waals surface area (Å²) in [6.45, 7) is 3.44. The summed E-state index contributed by atoms with van der Waals surface area (Å²) < 4.78 is 42.2. The molecule has 1 aromatic carbocycles. The summed E-state index contributed by atoms with van der Waals surface area (Å²) >= 11 is 0. The Balaban J connectivity index is 1.67. The Bertz CT molecular complexity index is 767. The lowest BCUT2D eigenvalue weighted by Gasteiger charge is -2.31. The normalized spacial score (nSPS) is 17.5. The summed E-state index contributed by atoms with van der Waals surface area (Å²) in [4.78, 5) is 4.19. The van der Waals surface area contributed by atoms with Gasteiger partial charge in [0.15, 0.2) is 0 Å². The Hall–Kier alpha value is -1.73. The van der Waals surface area contributed by atoms with Crippen LogP contribution in [0.4, 0.5) is 4.39 Å². The van der Waals surface area contributed by atoms with E-state index in [0.717, 1.165) is 19.4 Å². The van der Waals surface area contributed by atoms with Crippen molar-refractivity contribution < 1.29 is 12.8 Å². The van der Waals surface area contributed by atoms with E-state index in [9.17, 15) is 12.8 Å². The number of aryl methyl sites for hydroxylation is 1. The van der Waals surface area contributed by atoms with Gasteiger partial charge in [-0.1, -0.05) is 0 Å². The monoisotopic (exact) mass is 337 g/mol. The van der Waals surface area contributed by atoms with E-state index in [1.54, 1.807) is 19.4 Å². The van der Waals surface area contributed by atoms with Crippen molar-refractivity contribution in [2.45, 2.75) is 31.2 Å². The standard InChI is InChI=1S/C16H20FN3O2S/c1-13-10-15(2-3-16(13)17)23(21,22)20-7-4-14(5-8-20)11-19-9-6-18-12-19/h2-3,6,9-10,12,14H,4-5,7-8,11H2,1H3. The first kappa shape index (κ1) is 16.1. The van der Waals surface area contributed by atoms with Crippen molar-refractivity contribution in [3.63, 3.8) is 0 Å². The first-order chi connectivity index (χ1) is 11.0. The van der Waals surface area contributed by atoms with E-state index in [1.165, 1.54) is 22.5 Å². The van der Waals surface area contributed by atoms with Gasteiger partial charge in [0, 0.05) is 32.0 Å². The average molecular weight is 337 g/mol. The zero-order valence-corrected chi connectivity index (χ0v) is 13.8. The van der Waals surface area contributed by atoms with Gasteiger partial charge >= 0.3 is 0 Å². The summed E-state index contributed by atoms with van der Waals surface area (Å²) in [5.74, 6) is 0.0635. The number of nitrogens with zero attached hydrogens (tertiary/aromatic N) is 3. The molecule has 1 fully saturated rings. The van der Waals surface area contributed by atoms with Crippen molar-refractivity contribution in [1.29, 1.82) is 0 Å². The molecule has 1 saturated heterocycles. The molecule has 0 bridgehead atoms. The summed E-state index contributed by atoms with van der Waals surface area (Å²) in [5.41, 5.74) is 0.348. The maximum Gasteiger partial charge on any atom is 0.243 e. The molecule has 5 nitrogen and oxygen atoms in total. The second-order valence-electron chi connectivity index (χ2n) is 6.02. The lowest BCUT2D eigenvalue weighted by atomic mass is 9.98. The van der Waals surface area contributed by atoms with Crippen LogP contribution in [-0.4, -0.2) is 35.4 Å². The Morgan fingerprint density at radius 1 is 1.30 bits per heavy atom. The van der Waals surface area contributed by atoms with Gasteiger partial charge in [0.2, 0.25) is 10.0 Å². The number of hydrogen-bond donors (Lipinski definition) is 0. The van der Waals surface area contributed by atoms with Crippen LogP contribution in [0.3, 0.4) is 0 Å². The van der Waals surface area contributed by atoms with Gasteiger partial charge in [-0.2, -0.15) is 4.31 Å². The molecule has 3 rings (SSSR count). The van der Waals surface area contributed by atoms with Crippen LogP contribution in [0.25, 0.3) is 0 Å². The number of imidazole rings is 1. The SMILES string of the molecule is Cc1cc(S(=O)(=O)N2CCC(Cn3ccnc3)CC2)ccc1F. The van der Waals surface area contributed by atoms with Gasteiger partial charge in [0.05, 0.1) is 11.2 Å². The van der Waals surface area contributed by atoms with Gasteiger partial charge < -0.3 is 4.57 Å². The van der Waals surface area contributed by atoms with Gasteiger partial charge in [0.1, 0.15) is 5.82 Å². The van der Waals surface area contributed by atoms with Crippen molar-refractivity contribution in [3.05, 3.63) is 48.3 Å². The van der Waals surface area contributed by atoms with Gasteiger partial charge in [-0.05, 0) is 49.4 Å². The number of sulfonamides is 1. The van der Waals surface area contributed by atoms with Crippen LogP contribution in [-0.2, 0) is 16.6 Å². The van der Waals surface area contributed by atoms with Crippen molar-refractivity contribution in [3.8, 4) is 0 Å². The number of rotatable bonds is 4. The Kier molecular flexibility index (Phi) is 4.50. The quantitative estimate of drug-likeness (QED) is 0.861. The molecule has 23 heavy (non-hydrogen) atoms. The molecule has 0 radical (unpaired) electrons. The smallest absolute Gasteiger partial charge is 0.243 e. The molecule has 0 amide bonds. The molecule has 2 heterocycles. The van der Waals surface area contributed by atoms with Crippen molar-refractivity contribution in [1.82, 2.24) is 13.9 Å². The van der Waals surface area contributed by atoms with Crippen LogP contribution in [0.1, 0.15) is 18.4 Å². The van der Waals surface area contributed by atoms with Crippen LogP contribution in [0.5, 0.6) is 0 Å². The summed E-state index contributed by atoms with van der Waals surface area (Å²) in [6, 6.07) is 3.96. The van der Waals surface area contributed by atoms with Crippen LogP contribution in [0, 0.1) is 18.7 Å². The van der Waals surface area contributed by atoms with E-state index in [0.29, 0.717) is 24.6 Å². The van der Waals surface area contributed by atoms with E-state index < -0.39 is 10.0 Å². The molecule has 0 aliphatic carbocycles. The van der Waals surface area contributed by atoms with E-state index >= 15 is 0 Å². The largest absolute Gasteiger partial charge is 0.337 e. The third-order valence-corrected chi connectivity index (χ3v) is 6.26. The van der Waals surface area contributed by atoms with E-state index in [2.05, 4.69) is 4.98 Å². The maximum atomic E-state index is 13.3. The lowest BCUT2D eigenvalue weighted by Crippen LogP contribution is -2.39. The topological polar surface area (TPSA) is 55.2 Å². The third-order valence-electron chi connectivity index (χ3n) is 4.37. The molecule has 2 aromatic rings. The van der Waals surface area contributed by atoms with Crippen LogP contribution in [0.2, 0.25) is 0 Å². The molecule has 0 saturated carbocycles. The maximum absolute atomic E-state index is 13.3. The molecular formula is C16H20FN3O2S. The fraction of sp³-hybridized carbons (Fsp3) is 0.438. The molecule has 1 aromatic heterocycles. The molecule has 0 spiro atoms. The highest BCUT2D eigenvalue weighted by atomic mass is 32.2. The molecule has 124 valence electrons. The van der Waals surface area contributed by atoms with Crippen LogP contribution < -0.4 is 0 Å². The molecule has 1 aliphatic heterocycles. The fourth-order valence-corrected chi connectivity index (χ4v) is 4.51. The van der Waals surface area contributed by atoms with Crippen molar-refractivity contribution >= 4 is 10.0 Å². The second kappa shape index (κ2) is 6.41. The second-order valence-corrected chi connectivity index (χ2v) is 7.96. The Morgan fingerprint density at radius 2 is 2.04 bits per heavy atom. The lowest BCUT2D eigenvalue weighted by molar-refractivity contribution is 0.253. The summed E-state index contributed by atoms with van der Waals surface area (Å²) in [6.07, 6.45) is 7.08. The molecule has 0 unspecified atom stereocenters. The number of benzene rings is 1. The highest BCUT2D eigenvalue weighted by Gasteiger charge is 2.29. The minimum absolute atomic E-state index is 0.171. The third kappa shape index (κ3) is 3.45. The van der Waals surface area contributed by atoms with Gasteiger partial charge in [0.25, 0.3) is 0 Å². The predicted molar refractivity (Wildman–Crippen MR) is 84.8 cm³/mol. The zero-order chi connectivity index (χ0) is 16.4. The molecule has 1 aliphatic rings. The van der Waals surface area contributed by atoms with E-state index in [4.69, 9.17) is 0 Å².